The van der Waals surface area contributed by atoms with Crippen LogP contribution in [-0.4, -0.2) is 27.5 Å². The molecule has 1 aliphatic rings. The lowest BCUT2D eigenvalue weighted by molar-refractivity contribution is 0.0968. The quantitative estimate of drug-likeness (QED) is 0.0612. The number of aryl methyl sites for hydroxylation is 4. The van der Waals surface area contributed by atoms with Crippen LogP contribution in [0, 0.1) is 33.5 Å². The fourth-order valence-electron chi connectivity index (χ4n) is 6.13. The lowest BCUT2D eigenvalue weighted by Crippen LogP contribution is -2.25. The average molecular weight is 641 g/mol. The number of para-hydroxylation sites is 2. The van der Waals surface area contributed by atoms with Crippen LogP contribution in [-0.2, 0) is 0 Å². The zero-order valence-corrected chi connectivity index (χ0v) is 27.9. The number of hydrogen-bond donors (Lipinski definition) is 4. The molecule has 0 saturated heterocycles. The maximum atomic E-state index is 17.1. The Morgan fingerprint density at radius 2 is 1.07 bits per heavy atom. The van der Waals surface area contributed by atoms with Gasteiger partial charge in [0.15, 0.2) is 11.6 Å². The smallest absolute Gasteiger partial charge is 0.201 e. The van der Waals surface area contributed by atoms with Gasteiger partial charge in [-0.15, -0.1) is 11.8 Å². The summed E-state index contributed by atoms with van der Waals surface area (Å²) in [7, 11) is 0. The summed E-state index contributed by atoms with van der Waals surface area (Å²) in [6.45, 7) is 9.93. The van der Waals surface area contributed by atoms with Crippen molar-refractivity contribution in [2.75, 3.05) is 16.4 Å². The molecule has 4 N–H and O–H groups in total. The molecule has 0 spiro atoms. The van der Waals surface area contributed by atoms with Gasteiger partial charge in [-0.05, 0) is 74.3 Å². The molecule has 0 saturated carbocycles. The van der Waals surface area contributed by atoms with Crippen LogP contribution in [0.5, 0.6) is 11.5 Å². The molecule has 0 bridgehead atoms. The zero-order chi connectivity index (χ0) is 33.1. The molecule has 0 atom stereocenters. The van der Waals surface area contributed by atoms with Crippen molar-refractivity contribution in [3.8, 4) is 11.5 Å². The van der Waals surface area contributed by atoms with E-state index in [1.165, 1.54) is 24.2 Å². The molecule has 5 rings (SSSR count). The van der Waals surface area contributed by atoms with Gasteiger partial charge in [0.05, 0.1) is 27.9 Å². The van der Waals surface area contributed by atoms with Crippen LogP contribution in [0.2, 0.25) is 0 Å². The highest BCUT2D eigenvalue weighted by Crippen LogP contribution is 2.50. The molecule has 0 radical (unpaired) electrons. The predicted molar refractivity (Wildman–Crippen MR) is 186 cm³/mol. The van der Waals surface area contributed by atoms with E-state index < -0.39 is 40.0 Å². The van der Waals surface area contributed by atoms with Crippen LogP contribution < -0.4 is 10.6 Å². The molecular weight excluding hydrogens is 599 g/mol. The topological polar surface area (TPSA) is 98.7 Å². The van der Waals surface area contributed by atoms with Gasteiger partial charge in [0.2, 0.25) is 5.78 Å². The fourth-order valence-corrected chi connectivity index (χ4v) is 7.32. The molecule has 0 heterocycles. The van der Waals surface area contributed by atoms with Gasteiger partial charge in [0, 0.05) is 16.3 Å². The number of anilines is 4. The van der Waals surface area contributed by atoms with Gasteiger partial charge in [-0.3, -0.25) is 9.59 Å². The van der Waals surface area contributed by atoms with Crippen molar-refractivity contribution >= 4 is 46.1 Å². The molecule has 6 nitrogen and oxygen atoms in total. The number of hydrogen-bond acceptors (Lipinski definition) is 7. The summed E-state index contributed by atoms with van der Waals surface area (Å²) in [5, 5.41) is 28.2. The maximum absolute atomic E-state index is 17.1. The molecule has 0 fully saturated rings. The first-order valence-electron chi connectivity index (χ1n) is 15.9. The Morgan fingerprint density at radius 1 is 0.609 bits per heavy atom. The first-order chi connectivity index (χ1) is 22.1. The molecule has 46 heavy (non-hydrogen) atoms. The SMILES string of the molecule is CCCCCCCCSc1c(Nc2c(C)cccc2C)c(Nc2c(C)cccc2C)c(F)c2c1C(=O)c1c(O)ccc(O)c1C2=O. The molecule has 240 valence electrons. The normalized spacial score (nSPS) is 12.2. The molecule has 4 aromatic carbocycles. The Hall–Kier alpha value is -4.30. The number of carbonyl (C=O) groups excluding carboxylic acids is 2. The number of carbonyl (C=O) groups is 2. The van der Waals surface area contributed by atoms with Crippen molar-refractivity contribution in [3.05, 3.63) is 98.9 Å². The summed E-state index contributed by atoms with van der Waals surface area (Å²) in [5.74, 6) is -2.74. The Morgan fingerprint density at radius 3 is 1.59 bits per heavy atom. The number of fused-ring (bicyclic) bond motifs is 2. The molecule has 0 aromatic heterocycles. The van der Waals surface area contributed by atoms with E-state index in [1.54, 1.807) is 0 Å². The van der Waals surface area contributed by atoms with Gasteiger partial charge in [0.1, 0.15) is 17.2 Å². The number of phenols is 2. The summed E-state index contributed by atoms with van der Waals surface area (Å²) < 4.78 is 17.1. The first kappa shape index (κ1) is 33.1. The minimum atomic E-state index is -0.901. The van der Waals surface area contributed by atoms with Crippen molar-refractivity contribution < 1.29 is 24.2 Å². The lowest BCUT2D eigenvalue weighted by atomic mass is 9.81. The van der Waals surface area contributed by atoms with Gasteiger partial charge in [-0.25, -0.2) is 4.39 Å². The van der Waals surface area contributed by atoms with Crippen LogP contribution in [0.1, 0.15) is 99.5 Å². The summed E-state index contributed by atoms with van der Waals surface area (Å²) in [6, 6.07) is 13.9. The van der Waals surface area contributed by atoms with E-state index >= 15 is 4.39 Å². The second kappa shape index (κ2) is 14.0. The van der Waals surface area contributed by atoms with Crippen LogP contribution in [0.4, 0.5) is 27.1 Å². The molecule has 1 aliphatic carbocycles. The number of halogens is 1. The van der Waals surface area contributed by atoms with Gasteiger partial charge >= 0.3 is 0 Å². The number of thioether (sulfide) groups is 1. The number of unbranched alkanes of at least 4 members (excludes halogenated alkanes) is 5. The third-order valence-corrected chi connectivity index (χ3v) is 9.86. The van der Waals surface area contributed by atoms with E-state index in [2.05, 4.69) is 17.6 Å². The first-order valence-corrected chi connectivity index (χ1v) is 16.9. The van der Waals surface area contributed by atoms with E-state index in [9.17, 15) is 19.8 Å². The van der Waals surface area contributed by atoms with Gasteiger partial charge in [-0.2, -0.15) is 0 Å². The summed E-state index contributed by atoms with van der Waals surface area (Å²) in [6.07, 6.45) is 6.47. The predicted octanol–water partition coefficient (Wildman–Crippen LogP) is 10.2. The molecule has 0 unspecified atom stereocenters. The second-order valence-electron chi connectivity index (χ2n) is 12.1. The van der Waals surface area contributed by atoms with Gasteiger partial charge in [0.25, 0.3) is 0 Å². The molecule has 0 amide bonds. The Balaban J connectivity index is 1.77. The number of rotatable bonds is 12. The number of aromatic hydroxyl groups is 2. The van der Waals surface area contributed by atoms with Gasteiger partial charge in [-0.1, -0.05) is 75.4 Å². The highest BCUT2D eigenvalue weighted by atomic mass is 32.2. The number of phenolic OH excluding ortho intramolecular Hbond substituents is 2. The van der Waals surface area contributed by atoms with Crippen LogP contribution >= 0.6 is 11.8 Å². The second-order valence-corrected chi connectivity index (χ2v) is 13.2. The monoisotopic (exact) mass is 640 g/mol. The minimum absolute atomic E-state index is 0.0356. The third-order valence-electron chi connectivity index (χ3n) is 8.67. The largest absolute Gasteiger partial charge is 0.507 e. The standard InChI is InChI=1S/C38H41FN2O4S/c1-6-7-8-9-10-11-20-46-38-30-29(36(44)27-25(42)18-19-26(43)28(27)37(30)45)31(39)34(40-32-21(2)14-12-15-22(32)3)35(38)41-33-23(4)16-13-17-24(33)5/h12-19,40-43H,6-11,20H2,1-5H3. The summed E-state index contributed by atoms with van der Waals surface area (Å²) in [5.41, 5.74) is 4.23. The molecule has 0 aliphatic heterocycles. The summed E-state index contributed by atoms with van der Waals surface area (Å²) in [4.78, 5) is 28.8. The molecule has 8 heteroatoms. The minimum Gasteiger partial charge on any atom is -0.507 e. The van der Waals surface area contributed by atoms with Crippen molar-refractivity contribution in [2.45, 2.75) is 78.0 Å². The van der Waals surface area contributed by atoms with E-state index in [0.717, 1.165) is 66.1 Å². The van der Waals surface area contributed by atoms with E-state index in [1.807, 2.05) is 64.1 Å². The van der Waals surface area contributed by atoms with E-state index in [0.29, 0.717) is 22.0 Å². The van der Waals surface area contributed by atoms with Gasteiger partial charge < -0.3 is 20.8 Å². The van der Waals surface area contributed by atoms with E-state index in [-0.39, 0.29) is 16.8 Å². The Kier molecular flexibility index (Phi) is 10.1. The molecular formula is C38H41FN2O4S. The Labute approximate surface area is 274 Å². The summed E-state index contributed by atoms with van der Waals surface area (Å²) >= 11 is 1.40. The van der Waals surface area contributed by atoms with Crippen molar-refractivity contribution in [2.24, 2.45) is 0 Å². The zero-order valence-electron chi connectivity index (χ0n) is 27.1. The Bertz CT molecular complexity index is 1790. The highest BCUT2D eigenvalue weighted by molar-refractivity contribution is 7.99. The maximum Gasteiger partial charge on any atom is 0.201 e. The average Bonchev–Trinajstić information content (AvgIpc) is 3.01. The number of benzene rings is 4. The highest BCUT2D eigenvalue weighted by Gasteiger charge is 2.41. The van der Waals surface area contributed by atoms with Crippen LogP contribution in [0.3, 0.4) is 0 Å². The third kappa shape index (κ3) is 6.23. The molecule has 4 aromatic rings. The van der Waals surface area contributed by atoms with Crippen LogP contribution in [0.15, 0.2) is 53.4 Å². The number of ketones is 2. The lowest BCUT2D eigenvalue weighted by Gasteiger charge is -2.28. The van der Waals surface area contributed by atoms with Crippen molar-refractivity contribution in [1.82, 2.24) is 0 Å². The van der Waals surface area contributed by atoms with E-state index in [4.69, 9.17) is 0 Å². The fraction of sp³-hybridized carbons (Fsp3) is 0.316. The number of nitrogens with one attached hydrogen (secondary N) is 2. The van der Waals surface area contributed by atoms with Crippen molar-refractivity contribution in [3.63, 3.8) is 0 Å². The van der Waals surface area contributed by atoms with Crippen LogP contribution in [0.25, 0.3) is 0 Å². The van der Waals surface area contributed by atoms with Crippen molar-refractivity contribution in [1.29, 1.82) is 0 Å².